The van der Waals surface area contributed by atoms with Crippen molar-refractivity contribution in [2.24, 2.45) is 9.39 Å². The average molecular weight is 515 g/mol. The largest absolute Gasteiger partial charge is 0.497 e. The number of hydrogen-bond acceptors (Lipinski definition) is 9. The van der Waals surface area contributed by atoms with E-state index in [2.05, 4.69) is 9.39 Å². The van der Waals surface area contributed by atoms with Crippen LogP contribution in [0.1, 0.15) is 12.0 Å². The normalized spacial score (nSPS) is 16.6. The highest BCUT2D eigenvalue weighted by Crippen LogP contribution is 2.30. The van der Waals surface area contributed by atoms with Crippen molar-refractivity contribution in [1.82, 2.24) is 4.90 Å². The molecule has 0 saturated carbocycles. The van der Waals surface area contributed by atoms with Crippen LogP contribution >= 0.6 is 11.9 Å². The highest BCUT2D eigenvalue weighted by molar-refractivity contribution is 8.16. The van der Waals surface area contributed by atoms with Crippen molar-refractivity contribution < 1.29 is 27.4 Å². The molecule has 35 heavy (non-hydrogen) atoms. The van der Waals surface area contributed by atoms with Crippen molar-refractivity contribution in [3.63, 3.8) is 0 Å². The lowest BCUT2D eigenvalue weighted by Crippen LogP contribution is -2.45. The molecule has 2 aliphatic heterocycles. The van der Waals surface area contributed by atoms with Gasteiger partial charge in [-0.25, -0.2) is 13.3 Å². The molecule has 0 spiro atoms. The molecule has 2 aromatic rings. The van der Waals surface area contributed by atoms with Gasteiger partial charge in [0.25, 0.3) is 5.91 Å². The van der Waals surface area contributed by atoms with Crippen LogP contribution in [0, 0.1) is 5.41 Å². The predicted molar refractivity (Wildman–Crippen MR) is 135 cm³/mol. The second-order valence-electron chi connectivity index (χ2n) is 7.48. The third-order valence-corrected chi connectivity index (χ3v) is 6.64. The van der Waals surface area contributed by atoms with Gasteiger partial charge in [-0.05, 0) is 35.9 Å². The Labute approximate surface area is 206 Å². The zero-order valence-corrected chi connectivity index (χ0v) is 20.6. The van der Waals surface area contributed by atoms with E-state index in [1.807, 2.05) is 24.3 Å². The van der Waals surface area contributed by atoms with E-state index in [-0.39, 0.29) is 21.7 Å². The zero-order chi connectivity index (χ0) is 25.0. The van der Waals surface area contributed by atoms with Crippen molar-refractivity contribution in [2.45, 2.75) is 6.42 Å². The molecule has 0 fully saturated rings. The van der Waals surface area contributed by atoms with Crippen LogP contribution in [0.5, 0.6) is 17.2 Å². The number of sulfone groups is 1. The fourth-order valence-corrected chi connectivity index (χ4v) is 5.04. The molecule has 4 rings (SSSR count). The first-order valence-electron chi connectivity index (χ1n) is 10.4. The zero-order valence-electron chi connectivity index (χ0n) is 18.9. The van der Waals surface area contributed by atoms with E-state index >= 15 is 0 Å². The number of aliphatic imine (C=N–C) groups is 1. The maximum atomic E-state index is 12.4. The summed E-state index contributed by atoms with van der Waals surface area (Å²) in [6.45, 7) is 0.933. The Kier molecular flexibility index (Phi) is 7.22. The van der Waals surface area contributed by atoms with Gasteiger partial charge in [-0.2, -0.15) is 9.39 Å². The molecule has 10 nitrogen and oxygen atoms in total. The van der Waals surface area contributed by atoms with Crippen LogP contribution in [0.4, 0.5) is 0 Å². The summed E-state index contributed by atoms with van der Waals surface area (Å²) in [5.41, 5.74) is 0.603. The molecule has 0 unspecified atom stereocenters. The van der Waals surface area contributed by atoms with E-state index < -0.39 is 15.7 Å². The first-order chi connectivity index (χ1) is 16.8. The van der Waals surface area contributed by atoms with E-state index in [0.29, 0.717) is 30.9 Å². The second-order valence-corrected chi connectivity index (χ2v) is 10.1. The minimum absolute atomic E-state index is 0.0315. The highest BCUT2D eigenvalue weighted by Gasteiger charge is 2.41. The second kappa shape index (κ2) is 10.3. The molecule has 1 amide bonds. The maximum Gasteiger partial charge on any atom is 0.283 e. The number of nitrogens with zero attached hydrogens (tertiary/aromatic N) is 3. The number of carbonyl (C=O) groups is 1. The SMILES string of the molecule is COc1cccc(OCCCOc2ccc(/C=C3/C(=N)N4C(=NC3=O)SN=C4S(C)(=O)=O)cc2)c1. The number of nitrogens with one attached hydrogen (secondary N) is 1. The summed E-state index contributed by atoms with van der Waals surface area (Å²) in [7, 11) is -2.09. The van der Waals surface area contributed by atoms with Crippen LogP contribution < -0.4 is 14.2 Å². The van der Waals surface area contributed by atoms with Crippen molar-refractivity contribution >= 4 is 49.9 Å². The number of hydrogen-bond donors (Lipinski definition) is 1. The van der Waals surface area contributed by atoms with E-state index in [4.69, 9.17) is 19.6 Å². The lowest BCUT2D eigenvalue weighted by Gasteiger charge is -2.23. The Morgan fingerprint density at radius 2 is 1.74 bits per heavy atom. The van der Waals surface area contributed by atoms with Gasteiger partial charge in [-0.3, -0.25) is 10.2 Å². The van der Waals surface area contributed by atoms with Crippen LogP contribution in [0.2, 0.25) is 0 Å². The topological polar surface area (TPSA) is 131 Å². The summed E-state index contributed by atoms with van der Waals surface area (Å²) in [4.78, 5) is 17.4. The third-order valence-electron chi connectivity index (χ3n) is 4.88. The minimum atomic E-state index is -3.69. The molecule has 1 N–H and O–H groups in total. The molecule has 12 heteroatoms. The van der Waals surface area contributed by atoms with Gasteiger partial charge in [0, 0.05) is 18.7 Å². The molecular weight excluding hydrogens is 492 g/mol. The number of rotatable bonds is 8. The van der Waals surface area contributed by atoms with Gasteiger partial charge in [0.2, 0.25) is 20.2 Å². The number of amides is 1. The lowest BCUT2D eigenvalue weighted by atomic mass is 10.1. The first kappa shape index (κ1) is 24.5. The lowest BCUT2D eigenvalue weighted by molar-refractivity contribution is -0.114. The fraction of sp³-hybridized carbons (Fsp3) is 0.217. The molecule has 0 atom stereocenters. The molecule has 2 aliphatic rings. The van der Waals surface area contributed by atoms with Gasteiger partial charge in [0.1, 0.15) is 23.1 Å². The van der Waals surface area contributed by atoms with Crippen LogP contribution in [-0.4, -0.2) is 62.0 Å². The Bertz CT molecular complexity index is 1350. The van der Waals surface area contributed by atoms with E-state index in [1.54, 1.807) is 31.4 Å². The average Bonchev–Trinajstić information content (AvgIpc) is 3.27. The Balaban J connectivity index is 1.34. The summed E-state index contributed by atoms with van der Waals surface area (Å²) >= 11 is 0.755. The number of ether oxygens (including phenoxy) is 3. The Morgan fingerprint density at radius 1 is 1.06 bits per heavy atom. The third kappa shape index (κ3) is 5.72. The molecule has 0 bridgehead atoms. The minimum Gasteiger partial charge on any atom is -0.497 e. The van der Waals surface area contributed by atoms with Crippen LogP contribution in [-0.2, 0) is 14.6 Å². The molecule has 0 aromatic heterocycles. The fourth-order valence-electron chi connectivity index (χ4n) is 3.19. The smallest absolute Gasteiger partial charge is 0.283 e. The quantitative estimate of drug-likeness (QED) is 0.323. The number of fused-ring (bicyclic) bond motifs is 1. The van der Waals surface area contributed by atoms with Gasteiger partial charge in [-0.15, -0.1) is 0 Å². The number of carbonyl (C=O) groups excluding carboxylic acids is 1. The van der Waals surface area contributed by atoms with Gasteiger partial charge < -0.3 is 14.2 Å². The maximum absolute atomic E-state index is 12.4. The Morgan fingerprint density at radius 3 is 2.43 bits per heavy atom. The first-order valence-corrected chi connectivity index (χ1v) is 13.1. The van der Waals surface area contributed by atoms with E-state index in [9.17, 15) is 13.2 Å². The van der Waals surface area contributed by atoms with E-state index in [0.717, 1.165) is 34.6 Å². The van der Waals surface area contributed by atoms with Crippen LogP contribution in [0.25, 0.3) is 6.08 Å². The number of methoxy groups -OCH3 is 1. The van der Waals surface area contributed by atoms with Crippen molar-refractivity contribution in [2.75, 3.05) is 26.6 Å². The van der Waals surface area contributed by atoms with Crippen molar-refractivity contribution in [3.05, 3.63) is 59.7 Å². The van der Waals surface area contributed by atoms with E-state index in [1.165, 1.54) is 6.08 Å². The number of benzene rings is 2. The van der Waals surface area contributed by atoms with Gasteiger partial charge >= 0.3 is 0 Å². The van der Waals surface area contributed by atoms with Crippen molar-refractivity contribution in [1.29, 1.82) is 5.41 Å². The summed E-state index contributed by atoms with van der Waals surface area (Å²) in [6.07, 6.45) is 3.15. The molecule has 2 heterocycles. The van der Waals surface area contributed by atoms with Gasteiger partial charge in [-0.1, -0.05) is 18.2 Å². The summed E-state index contributed by atoms with van der Waals surface area (Å²) < 4.78 is 44.4. The molecule has 182 valence electrons. The van der Waals surface area contributed by atoms with Gasteiger partial charge in [0.05, 0.1) is 37.8 Å². The number of amidine groups is 3. The molecule has 0 aliphatic carbocycles. The van der Waals surface area contributed by atoms with Crippen molar-refractivity contribution in [3.8, 4) is 17.2 Å². The highest BCUT2D eigenvalue weighted by atomic mass is 32.2. The molecule has 2 aromatic carbocycles. The van der Waals surface area contributed by atoms with Crippen LogP contribution in [0.15, 0.2) is 63.5 Å². The van der Waals surface area contributed by atoms with Crippen LogP contribution in [0.3, 0.4) is 0 Å². The summed E-state index contributed by atoms with van der Waals surface area (Å²) in [5.74, 6) is 1.18. The Hall–Kier alpha value is -3.64. The molecule has 0 radical (unpaired) electrons. The molecule has 0 saturated heterocycles. The monoisotopic (exact) mass is 514 g/mol. The summed E-state index contributed by atoms with van der Waals surface area (Å²) in [6, 6.07) is 14.3. The summed E-state index contributed by atoms with van der Waals surface area (Å²) in [5, 5.41) is 8.11. The predicted octanol–water partition coefficient (Wildman–Crippen LogP) is 3.16. The standard InChI is InChI=1S/C23H22N4O6S2/c1-31-17-5-3-6-18(14-17)33-12-4-11-32-16-9-7-15(8-10-16)13-19-20(24)27-22(25-21(19)28)34-26-23(27)35(2,29)30/h3,5-10,13-14,24H,4,11-12H2,1-2H3/b19-13-,24-20?. The molecular formula is C23H22N4O6S2. The van der Waals surface area contributed by atoms with Gasteiger partial charge in [0.15, 0.2) is 0 Å².